The Bertz CT molecular complexity index is 900. The molecule has 0 fully saturated rings. The van der Waals surface area contributed by atoms with Gasteiger partial charge in [-0.2, -0.15) is 4.98 Å². The second-order valence-corrected chi connectivity index (χ2v) is 5.44. The van der Waals surface area contributed by atoms with E-state index in [1.54, 1.807) is 48.7 Å². The van der Waals surface area contributed by atoms with Crippen LogP contribution in [0.3, 0.4) is 0 Å². The summed E-state index contributed by atoms with van der Waals surface area (Å²) < 4.78 is 17.6. The molecule has 2 N–H and O–H groups in total. The van der Waals surface area contributed by atoms with Crippen LogP contribution in [0.15, 0.2) is 60.8 Å². The largest absolute Gasteiger partial charge is 0.465 e. The normalized spacial score (nSPS) is 10.2. The van der Waals surface area contributed by atoms with Crippen LogP contribution in [0.25, 0.3) is 0 Å². The molecule has 6 nitrogen and oxygen atoms in total. The molecule has 132 valence electrons. The maximum atomic E-state index is 12.9. The van der Waals surface area contributed by atoms with E-state index in [0.717, 1.165) is 5.56 Å². The fourth-order valence-electron chi connectivity index (χ4n) is 2.28. The van der Waals surface area contributed by atoms with Gasteiger partial charge in [-0.25, -0.2) is 14.2 Å². The first-order chi connectivity index (χ1) is 12.6. The molecule has 0 saturated carbocycles. The summed E-state index contributed by atoms with van der Waals surface area (Å²) in [7, 11) is 1.34. The van der Waals surface area contributed by atoms with E-state index < -0.39 is 5.97 Å². The Labute approximate surface area is 150 Å². The summed E-state index contributed by atoms with van der Waals surface area (Å²) in [5, 5.41) is 6.21. The second kappa shape index (κ2) is 8.06. The highest BCUT2D eigenvalue weighted by atomic mass is 19.1. The zero-order chi connectivity index (χ0) is 18.4. The van der Waals surface area contributed by atoms with Gasteiger partial charge in [0.2, 0.25) is 5.95 Å². The molecular formula is C19H17FN4O2. The maximum Gasteiger partial charge on any atom is 0.337 e. The molecule has 3 rings (SSSR count). The van der Waals surface area contributed by atoms with Crippen LogP contribution in [0.2, 0.25) is 0 Å². The lowest BCUT2D eigenvalue weighted by Gasteiger charge is -2.09. The van der Waals surface area contributed by atoms with Gasteiger partial charge in [-0.1, -0.05) is 18.2 Å². The van der Waals surface area contributed by atoms with Crippen molar-refractivity contribution in [3.63, 3.8) is 0 Å². The summed E-state index contributed by atoms with van der Waals surface area (Å²) >= 11 is 0. The molecule has 0 aliphatic rings. The quantitative estimate of drug-likeness (QED) is 0.658. The first-order valence-electron chi connectivity index (χ1n) is 7.91. The number of benzene rings is 2. The van der Waals surface area contributed by atoms with Gasteiger partial charge in [0.15, 0.2) is 0 Å². The van der Waals surface area contributed by atoms with E-state index >= 15 is 0 Å². The van der Waals surface area contributed by atoms with Gasteiger partial charge in [-0.3, -0.25) is 0 Å². The third-order valence-corrected chi connectivity index (χ3v) is 3.58. The highest BCUT2D eigenvalue weighted by molar-refractivity contribution is 5.90. The van der Waals surface area contributed by atoms with Gasteiger partial charge in [0.05, 0.1) is 12.7 Å². The highest BCUT2D eigenvalue weighted by Gasteiger charge is 2.07. The van der Waals surface area contributed by atoms with Gasteiger partial charge in [0.25, 0.3) is 0 Å². The lowest BCUT2D eigenvalue weighted by molar-refractivity contribution is 0.0601. The van der Waals surface area contributed by atoms with Crippen LogP contribution in [0, 0.1) is 5.82 Å². The Balaban J connectivity index is 1.67. The molecular weight excluding hydrogens is 335 g/mol. The number of nitrogens with one attached hydrogen (secondary N) is 2. The summed E-state index contributed by atoms with van der Waals surface area (Å²) in [6, 6.07) is 14.9. The number of rotatable bonds is 6. The number of carbonyl (C=O) groups is 1. The van der Waals surface area contributed by atoms with E-state index in [2.05, 4.69) is 20.6 Å². The minimum Gasteiger partial charge on any atom is -0.465 e. The lowest BCUT2D eigenvalue weighted by atomic mass is 10.2. The van der Waals surface area contributed by atoms with E-state index in [4.69, 9.17) is 4.74 Å². The first kappa shape index (κ1) is 17.3. The van der Waals surface area contributed by atoms with Crippen molar-refractivity contribution in [3.05, 3.63) is 77.7 Å². The Morgan fingerprint density at radius 2 is 1.96 bits per heavy atom. The molecule has 0 bridgehead atoms. The molecule has 0 unspecified atom stereocenters. The molecule has 0 aliphatic carbocycles. The molecule has 0 aliphatic heterocycles. The monoisotopic (exact) mass is 352 g/mol. The molecule has 1 heterocycles. The predicted octanol–water partition coefficient (Wildman–Crippen LogP) is 3.76. The number of aromatic nitrogens is 2. The first-order valence-corrected chi connectivity index (χ1v) is 7.91. The van der Waals surface area contributed by atoms with Crippen LogP contribution in [-0.2, 0) is 11.3 Å². The number of methoxy groups -OCH3 is 1. The summed E-state index contributed by atoms with van der Waals surface area (Å²) in [6.45, 7) is 0.508. The predicted molar refractivity (Wildman–Crippen MR) is 96.8 cm³/mol. The van der Waals surface area contributed by atoms with Gasteiger partial charge in [-0.05, 0) is 42.0 Å². The van der Waals surface area contributed by atoms with E-state index in [1.807, 2.05) is 0 Å². The van der Waals surface area contributed by atoms with Crippen LogP contribution < -0.4 is 10.6 Å². The van der Waals surface area contributed by atoms with Gasteiger partial charge in [0, 0.05) is 18.4 Å². The highest BCUT2D eigenvalue weighted by Crippen LogP contribution is 2.17. The van der Waals surface area contributed by atoms with Crippen LogP contribution in [-0.4, -0.2) is 23.0 Å². The van der Waals surface area contributed by atoms with Crippen molar-refractivity contribution in [1.82, 2.24) is 9.97 Å². The molecule has 3 aromatic rings. The smallest absolute Gasteiger partial charge is 0.337 e. The summed E-state index contributed by atoms with van der Waals surface area (Å²) in [5.41, 5.74) is 2.04. The lowest BCUT2D eigenvalue weighted by Crippen LogP contribution is -2.05. The van der Waals surface area contributed by atoms with Crippen LogP contribution >= 0.6 is 0 Å². The van der Waals surface area contributed by atoms with E-state index in [9.17, 15) is 9.18 Å². The molecule has 0 atom stereocenters. The van der Waals surface area contributed by atoms with Gasteiger partial charge >= 0.3 is 5.97 Å². The number of carbonyl (C=O) groups excluding carboxylic acids is 1. The van der Waals surface area contributed by atoms with Crippen molar-refractivity contribution >= 4 is 23.4 Å². The van der Waals surface area contributed by atoms with Crippen molar-refractivity contribution in [3.8, 4) is 0 Å². The summed E-state index contributed by atoms with van der Waals surface area (Å²) in [5.74, 6) is 0.327. The molecule has 7 heteroatoms. The number of nitrogens with zero attached hydrogens (tertiary/aromatic N) is 2. The minimum atomic E-state index is -0.413. The fraction of sp³-hybridized carbons (Fsp3) is 0.105. The van der Waals surface area contributed by atoms with Gasteiger partial charge < -0.3 is 15.4 Å². The fourth-order valence-corrected chi connectivity index (χ4v) is 2.28. The maximum absolute atomic E-state index is 12.9. The summed E-state index contributed by atoms with van der Waals surface area (Å²) in [4.78, 5) is 20.1. The average molecular weight is 352 g/mol. The zero-order valence-corrected chi connectivity index (χ0v) is 14.1. The Morgan fingerprint density at radius 1 is 1.15 bits per heavy atom. The van der Waals surface area contributed by atoms with Crippen LogP contribution in [0.4, 0.5) is 21.8 Å². The zero-order valence-electron chi connectivity index (χ0n) is 14.1. The third kappa shape index (κ3) is 4.54. The molecule has 0 amide bonds. The topological polar surface area (TPSA) is 76.1 Å². The van der Waals surface area contributed by atoms with Crippen molar-refractivity contribution in [2.75, 3.05) is 17.7 Å². The Kier molecular flexibility index (Phi) is 5.38. The average Bonchev–Trinajstić information content (AvgIpc) is 2.67. The number of ether oxygens (including phenoxy) is 1. The Morgan fingerprint density at radius 3 is 2.73 bits per heavy atom. The number of halogens is 1. The van der Waals surface area contributed by atoms with E-state index in [0.29, 0.717) is 29.6 Å². The SMILES string of the molecule is COC(=O)c1cccc(Nc2nccc(NCc3ccc(F)cc3)n2)c1. The van der Waals surface area contributed by atoms with E-state index in [1.165, 1.54) is 19.2 Å². The third-order valence-electron chi connectivity index (χ3n) is 3.58. The number of anilines is 3. The molecule has 1 aromatic heterocycles. The van der Waals surface area contributed by atoms with Crippen LogP contribution in [0.1, 0.15) is 15.9 Å². The minimum absolute atomic E-state index is 0.267. The van der Waals surface area contributed by atoms with Crippen molar-refractivity contribution in [1.29, 1.82) is 0 Å². The molecule has 2 aromatic carbocycles. The van der Waals surface area contributed by atoms with Crippen LogP contribution in [0.5, 0.6) is 0 Å². The molecule has 26 heavy (non-hydrogen) atoms. The molecule has 0 saturated heterocycles. The van der Waals surface area contributed by atoms with Gasteiger partial charge in [-0.15, -0.1) is 0 Å². The Hall–Kier alpha value is -3.48. The number of hydrogen-bond acceptors (Lipinski definition) is 6. The standard InChI is InChI=1S/C19H17FN4O2/c1-26-18(25)14-3-2-4-16(11-14)23-19-21-10-9-17(24-19)22-12-13-5-7-15(20)8-6-13/h2-11H,12H2,1H3,(H2,21,22,23,24). The molecule has 0 radical (unpaired) electrons. The van der Waals surface area contributed by atoms with Crippen molar-refractivity contribution < 1.29 is 13.9 Å². The second-order valence-electron chi connectivity index (χ2n) is 5.44. The van der Waals surface area contributed by atoms with Gasteiger partial charge in [0.1, 0.15) is 11.6 Å². The molecule has 0 spiro atoms. The van der Waals surface area contributed by atoms with E-state index in [-0.39, 0.29) is 5.82 Å². The van der Waals surface area contributed by atoms with Crippen molar-refractivity contribution in [2.24, 2.45) is 0 Å². The number of esters is 1. The van der Waals surface area contributed by atoms with Crippen molar-refractivity contribution in [2.45, 2.75) is 6.54 Å². The summed E-state index contributed by atoms with van der Waals surface area (Å²) in [6.07, 6.45) is 1.62. The number of hydrogen-bond donors (Lipinski definition) is 2.